The van der Waals surface area contributed by atoms with Crippen LogP contribution in [0, 0.1) is 11.6 Å². The van der Waals surface area contributed by atoms with E-state index in [0.717, 1.165) is 12.1 Å². The minimum Gasteiger partial charge on any atom is -0.507 e. The third-order valence-electron chi connectivity index (χ3n) is 3.13. The zero-order valence-electron chi connectivity index (χ0n) is 9.71. The van der Waals surface area contributed by atoms with E-state index in [0.29, 0.717) is 17.7 Å². The Morgan fingerprint density at radius 1 is 1.05 bits per heavy atom. The van der Waals surface area contributed by atoms with Crippen molar-refractivity contribution in [2.24, 2.45) is 0 Å². The van der Waals surface area contributed by atoms with Crippen LogP contribution in [0.15, 0.2) is 30.3 Å². The fraction of sp³-hybridized carbons (Fsp3) is 0.0714. The second kappa shape index (κ2) is 4.05. The summed E-state index contributed by atoms with van der Waals surface area (Å²) in [4.78, 5) is 11.6. The third-order valence-corrected chi connectivity index (χ3v) is 3.13. The molecule has 0 aromatic heterocycles. The van der Waals surface area contributed by atoms with Gasteiger partial charge in [-0.25, -0.2) is 8.78 Å². The number of carbonyl (C=O) groups excluding carboxylic acids is 1. The molecule has 0 atom stereocenters. The molecule has 1 aliphatic heterocycles. The molecular formula is C14H9F2NO2. The highest BCUT2D eigenvalue weighted by Gasteiger charge is 2.22. The monoisotopic (exact) mass is 261 g/mol. The van der Waals surface area contributed by atoms with Crippen LogP contribution in [0.2, 0.25) is 0 Å². The quantitative estimate of drug-likeness (QED) is 0.829. The second-order valence-electron chi connectivity index (χ2n) is 4.33. The number of hydrogen-bond acceptors (Lipinski definition) is 2. The van der Waals surface area contributed by atoms with Gasteiger partial charge < -0.3 is 10.4 Å². The fourth-order valence-corrected chi connectivity index (χ4v) is 2.18. The molecule has 0 saturated carbocycles. The van der Waals surface area contributed by atoms with Gasteiger partial charge in [0.15, 0.2) is 0 Å². The number of benzene rings is 2. The highest BCUT2D eigenvalue weighted by molar-refractivity contribution is 6.00. The summed E-state index contributed by atoms with van der Waals surface area (Å²) in [6.07, 6.45) is 0. The van der Waals surface area contributed by atoms with Crippen LogP contribution < -0.4 is 5.32 Å². The lowest BCUT2D eigenvalue weighted by molar-refractivity contribution is 0.0966. The first kappa shape index (κ1) is 11.6. The average molecular weight is 261 g/mol. The molecule has 0 spiro atoms. The van der Waals surface area contributed by atoms with Gasteiger partial charge in [0, 0.05) is 29.3 Å². The molecule has 1 amide bonds. The van der Waals surface area contributed by atoms with Gasteiger partial charge >= 0.3 is 0 Å². The number of rotatable bonds is 1. The summed E-state index contributed by atoms with van der Waals surface area (Å²) < 4.78 is 26.6. The molecule has 0 saturated heterocycles. The predicted octanol–water partition coefficient (Wildman–Crippen LogP) is 2.58. The van der Waals surface area contributed by atoms with Crippen molar-refractivity contribution in [1.82, 2.24) is 5.32 Å². The minimum atomic E-state index is -0.784. The van der Waals surface area contributed by atoms with Gasteiger partial charge in [-0.15, -0.1) is 0 Å². The maximum absolute atomic E-state index is 13.7. The summed E-state index contributed by atoms with van der Waals surface area (Å²) >= 11 is 0. The molecule has 2 aromatic carbocycles. The predicted molar refractivity (Wildman–Crippen MR) is 64.6 cm³/mol. The first-order valence-corrected chi connectivity index (χ1v) is 5.66. The van der Waals surface area contributed by atoms with Gasteiger partial charge in [0.25, 0.3) is 5.91 Å². The molecule has 3 rings (SSSR count). The first-order valence-electron chi connectivity index (χ1n) is 5.66. The molecule has 0 radical (unpaired) electrons. The Balaban J connectivity index is 2.20. The van der Waals surface area contributed by atoms with Crippen molar-refractivity contribution in [3.8, 4) is 16.9 Å². The first-order chi connectivity index (χ1) is 9.06. The van der Waals surface area contributed by atoms with E-state index >= 15 is 0 Å². The van der Waals surface area contributed by atoms with E-state index in [1.54, 1.807) is 0 Å². The summed E-state index contributed by atoms with van der Waals surface area (Å²) in [6, 6.07) is 5.92. The standard InChI is InChI=1S/C14H9F2NO2/c15-8-1-2-9(12(16)4-8)11-5-10-7(3-13(11)18)6-17-14(10)19/h1-5,18H,6H2,(H,17,19). The van der Waals surface area contributed by atoms with Gasteiger partial charge in [0.1, 0.15) is 17.4 Å². The van der Waals surface area contributed by atoms with Crippen molar-refractivity contribution in [1.29, 1.82) is 0 Å². The Kier molecular flexibility index (Phi) is 2.48. The van der Waals surface area contributed by atoms with E-state index < -0.39 is 11.6 Å². The summed E-state index contributed by atoms with van der Waals surface area (Å²) in [6.45, 7) is 0.341. The second-order valence-corrected chi connectivity index (χ2v) is 4.33. The van der Waals surface area contributed by atoms with E-state index in [-0.39, 0.29) is 22.8 Å². The largest absolute Gasteiger partial charge is 0.507 e. The number of amides is 1. The highest BCUT2D eigenvalue weighted by Crippen LogP contribution is 2.35. The maximum Gasteiger partial charge on any atom is 0.251 e. The number of halogens is 2. The molecule has 1 aliphatic rings. The number of aromatic hydroxyl groups is 1. The minimum absolute atomic E-state index is 0.0569. The van der Waals surface area contributed by atoms with Crippen molar-refractivity contribution in [3.05, 3.63) is 53.1 Å². The van der Waals surface area contributed by atoms with Crippen LogP contribution >= 0.6 is 0 Å². The van der Waals surface area contributed by atoms with Gasteiger partial charge in [-0.3, -0.25) is 4.79 Å². The zero-order valence-corrected chi connectivity index (χ0v) is 9.71. The van der Waals surface area contributed by atoms with Crippen molar-refractivity contribution >= 4 is 5.91 Å². The lowest BCUT2D eigenvalue weighted by atomic mass is 9.98. The third kappa shape index (κ3) is 1.83. The van der Waals surface area contributed by atoms with Crippen LogP contribution in [0.3, 0.4) is 0 Å². The highest BCUT2D eigenvalue weighted by atomic mass is 19.1. The van der Waals surface area contributed by atoms with E-state index in [4.69, 9.17) is 0 Å². The molecule has 0 fully saturated rings. The van der Waals surface area contributed by atoms with Crippen molar-refractivity contribution in [3.63, 3.8) is 0 Å². The van der Waals surface area contributed by atoms with Crippen molar-refractivity contribution in [2.45, 2.75) is 6.54 Å². The smallest absolute Gasteiger partial charge is 0.251 e. The summed E-state index contributed by atoms with van der Waals surface area (Å²) in [5.74, 6) is -1.88. The van der Waals surface area contributed by atoms with Gasteiger partial charge in [-0.1, -0.05) is 0 Å². The summed E-state index contributed by atoms with van der Waals surface area (Å²) in [5, 5.41) is 12.5. The summed E-state index contributed by atoms with van der Waals surface area (Å²) in [5.41, 5.74) is 1.29. The number of nitrogens with one attached hydrogen (secondary N) is 1. The van der Waals surface area contributed by atoms with Gasteiger partial charge in [-0.05, 0) is 29.8 Å². The Hall–Kier alpha value is -2.43. The average Bonchev–Trinajstić information content (AvgIpc) is 2.70. The lowest BCUT2D eigenvalue weighted by Gasteiger charge is -2.08. The molecular weight excluding hydrogens is 252 g/mol. The number of phenols is 1. The van der Waals surface area contributed by atoms with Gasteiger partial charge in [-0.2, -0.15) is 0 Å². The molecule has 0 bridgehead atoms. The molecule has 19 heavy (non-hydrogen) atoms. The number of carbonyl (C=O) groups is 1. The van der Waals surface area contributed by atoms with Gasteiger partial charge in [0.05, 0.1) is 0 Å². The Bertz CT molecular complexity index is 698. The maximum atomic E-state index is 13.7. The van der Waals surface area contributed by atoms with E-state index in [1.165, 1.54) is 18.2 Å². The van der Waals surface area contributed by atoms with Crippen LogP contribution in [-0.4, -0.2) is 11.0 Å². The number of phenolic OH excluding ortho intramolecular Hbond substituents is 1. The molecule has 0 aliphatic carbocycles. The van der Waals surface area contributed by atoms with Gasteiger partial charge in [0.2, 0.25) is 0 Å². The van der Waals surface area contributed by atoms with E-state index in [1.807, 2.05) is 0 Å². The normalized spacial score (nSPS) is 13.3. The van der Waals surface area contributed by atoms with Crippen LogP contribution in [0.1, 0.15) is 15.9 Å². The van der Waals surface area contributed by atoms with Crippen LogP contribution in [0.25, 0.3) is 11.1 Å². The zero-order chi connectivity index (χ0) is 13.6. The number of fused-ring (bicyclic) bond motifs is 1. The molecule has 3 nitrogen and oxygen atoms in total. The van der Waals surface area contributed by atoms with Crippen molar-refractivity contribution < 1.29 is 18.7 Å². The Labute approximate surface area is 107 Å². The van der Waals surface area contributed by atoms with Crippen LogP contribution in [0.5, 0.6) is 5.75 Å². The molecule has 2 aromatic rings. The SMILES string of the molecule is O=C1NCc2cc(O)c(-c3ccc(F)cc3F)cc21. The Morgan fingerprint density at radius 2 is 1.84 bits per heavy atom. The fourth-order valence-electron chi connectivity index (χ4n) is 2.18. The van der Waals surface area contributed by atoms with E-state index in [2.05, 4.69) is 5.32 Å². The van der Waals surface area contributed by atoms with Crippen molar-refractivity contribution in [2.75, 3.05) is 0 Å². The van der Waals surface area contributed by atoms with E-state index in [9.17, 15) is 18.7 Å². The van der Waals surface area contributed by atoms with Crippen LogP contribution in [-0.2, 0) is 6.54 Å². The molecule has 1 heterocycles. The molecule has 2 N–H and O–H groups in total. The lowest BCUT2D eigenvalue weighted by Crippen LogP contribution is -2.12. The molecule has 5 heteroatoms. The molecule has 96 valence electrons. The van der Waals surface area contributed by atoms with Crippen LogP contribution in [0.4, 0.5) is 8.78 Å². The summed E-state index contributed by atoms with van der Waals surface area (Å²) in [7, 11) is 0. The topological polar surface area (TPSA) is 49.3 Å². The molecule has 0 unspecified atom stereocenters. The number of hydrogen-bond donors (Lipinski definition) is 2. The Morgan fingerprint density at radius 3 is 2.58 bits per heavy atom.